The van der Waals surface area contributed by atoms with Crippen molar-refractivity contribution in [2.45, 2.75) is 51.4 Å². The van der Waals surface area contributed by atoms with Crippen molar-refractivity contribution in [2.75, 3.05) is 7.05 Å². The highest BCUT2D eigenvalue weighted by molar-refractivity contribution is 5.67. The van der Waals surface area contributed by atoms with Gasteiger partial charge in [0.25, 0.3) is 0 Å². The molecule has 1 N–H and O–H groups in total. The molecule has 6 heteroatoms. The molecule has 0 bridgehead atoms. The van der Waals surface area contributed by atoms with E-state index in [1.54, 1.807) is 13.8 Å². The van der Waals surface area contributed by atoms with Crippen LogP contribution in [-0.2, 0) is 4.79 Å². The Hall–Kier alpha value is -0.780. The van der Waals surface area contributed by atoms with Crippen LogP contribution >= 0.6 is 0 Å². The molecule has 0 fully saturated rings. The molecule has 0 amide bonds. The maximum absolute atomic E-state index is 12.7. The predicted octanol–water partition coefficient (Wildman–Crippen LogP) is 2.51. The number of carbonyl (C=O) groups is 1. The maximum Gasteiger partial charge on any atom is 0.404 e. The van der Waals surface area contributed by atoms with Crippen LogP contribution in [0.4, 0.5) is 13.2 Å². The van der Waals surface area contributed by atoms with Crippen molar-refractivity contribution < 1.29 is 23.1 Å². The van der Waals surface area contributed by atoms with Crippen LogP contribution in [0.15, 0.2) is 0 Å². The van der Waals surface area contributed by atoms with E-state index < -0.39 is 24.6 Å². The Kier molecular flexibility index (Phi) is 5.78. The maximum atomic E-state index is 12.7. The molecule has 0 aliphatic heterocycles. The van der Waals surface area contributed by atoms with Gasteiger partial charge in [-0.3, -0.25) is 9.69 Å². The molecule has 0 aromatic carbocycles. The molecule has 0 spiro atoms. The van der Waals surface area contributed by atoms with E-state index in [0.717, 1.165) is 4.90 Å². The monoisotopic (exact) mass is 241 g/mol. The van der Waals surface area contributed by atoms with E-state index in [4.69, 9.17) is 5.11 Å². The number of hydrogen-bond acceptors (Lipinski definition) is 2. The third kappa shape index (κ3) is 4.38. The van der Waals surface area contributed by atoms with Crippen LogP contribution in [0.5, 0.6) is 0 Å². The molecule has 0 aromatic rings. The smallest absolute Gasteiger partial charge is 0.404 e. The highest BCUT2D eigenvalue weighted by atomic mass is 19.4. The highest BCUT2D eigenvalue weighted by Crippen LogP contribution is 2.28. The number of carboxylic acid groups (broad SMARTS) is 1. The third-order valence-electron chi connectivity index (χ3n) is 2.76. The predicted molar refractivity (Wildman–Crippen MR) is 54.2 cm³/mol. The molecule has 1 unspecified atom stereocenters. The fraction of sp³-hybridized carbons (Fsp3) is 0.900. The first-order valence-electron chi connectivity index (χ1n) is 5.24. The summed E-state index contributed by atoms with van der Waals surface area (Å²) in [5, 5.41) is 8.50. The molecule has 0 radical (unpaired) electrons. The lowest BCUT2D eigenvalue weighted by Crippen LogP contribution is -2.49. The van der Waals surface area contributed by atoms with Gasteiger partial charge in [0.15, 0.2) is 0 Å². The summed E-state index contributed by atoms with van der Waals surface area (Å²) in [7, 11) is 1.33. The number of aliphatic carboxylic acids is 1. The number of alkyl halides is 3. The van der Waals surface area contributed by atoms with E-state index in [0.29, 0.717) is 12.8 Å². The number of nitrogens with zero attached hydrogens (tertiary/aromatic N) is 1. The zero-order valence-electron chi connectivity index (χ0n) is 9.71. The van der Waals surface area contributed by atoms with Crippen molar-refractivity contribution in [3.63, 3.8) is 0 Å². The highest BCUT2D eigenvalue weighted by Gasteiger charge is 2.44. The van der Waals surface area contributed by atoms with E-state index in [2.05, 4.69) is 0 Å². The Labute approximate surface area is 93.2 Å². The Balaban J connectivity index is 4.81. The third-order valence-corrected chi connectivity index (χ3v) is 2.76. The molecule has 0 aliphatic carbocycles. The first-order chi connectivity index (χ1) is 7.23. The molecular formula is C10H18F3NO2. The number of halogens is 3. The lowest BCUT2D eigenvalue weighted by Gasteiger charge is -2.34. The van der Waals surface area contributed by atoms with Gasteiger partial charge in [-0.05, 0) is 19.9 Å². The summed E-state index contributed by atoms with van der Waals surface area (Å²) < 4.78 is 38.0. The summed E-state index contributed by atoms with van der Waals surface area (Å²) in [6.07, 6.45) is -4.27. The first-order valence-corrected chi connectivity index (χ1v) is 5.24. The second-order valence-electron chi connectivity index (χ2n) is 3.79. The van der Waals surface area contributed by atoms with Crippen molar-refractivity contribution >= 4 is 5.97 Å². The average Bonchev–Trinajstić information content (AvgIpc) is 2.14. The van der Waals surface area contributed by atoms with Gasteiger partial charge >= 0.3 is 12.1 Å². The first kappa shape index (κ1) is 15.2. The number of carboxylic acids is 1. The van der Waals surface area contributed by atoms with E-state index in [1.165, 1.54) is 7.05 Å². The Morgan fingerprint density at radius 2 is 1.75 bits per heavy atom. The molecule has 3 nitrogen and oxygen atoms in total. The van der Waals surface area contributed by atoms with Gasteiger partial charge < -0.3 is 5.11 Å². The normalized spacial score (nSPS) is 14.5. The van der Waals surface area contributed by atoms with Crippen LogP contribution in [0, 0.1) is 0 Å². The second-order valence-corrected chi connectivity index (χ2v) is 3.79. The molecule has 96 valence electrons. The minimum absolute atomic E-state index is 0.244. The quantitative estimate of drug-likeness (QED) is 0.776. The van der Waals surface area contributed by atoms with Crippen LogP contribution in [0.25, 0.3) is 0 Å². The molecule has 1 atom stereocenters. The van der Waals surface area contributed by atoms with Crippen molar-refractivity contribution in [3.05, 3.63) is 0 Å². The molecular weight excluding hydrogens is 223 g/mol. The summed E-state index contributed by atoms with van der Waals surface area (Å²) in [4.78, 5) is 11.6. The fourth-order valence-electron chi connectivity index (χ4n) is 1.78. The summed E-state index contributed by atoms with van der Waals surface area (Å²) >= 11 is 0. The Morgan fingerprint density at radius 3 is 2.00 bits per heavy atom. The summed E-state index contributed by atoms with van der Waals surface area (Å²) in [6.45, 7) is 3.58. The van der Waals surface area contributed by atoms with Gasteiger partial charge in [-0.25, -0.2) is 0 Å². The summed E-state index contributed by atoms with van der Waals surface area (Å²) in [6, 6.07) is -2.15. The zero-order chi connectivity index (χ0) is 12.9. The van der Waals surface area contributed by atoms with Gasteiger partial charge in [0, 0.05) is 6.04 Å². The van der Waals surface area contributed by atoms with Gasteiger partial charge in [0.1, 0.15) is 6.04 Å². The van der Waals surface area contributed by atoms with Gasteiger partial charge in [0.2, 0.25) is 0 Å². The summed E-state index contributed by atoms with van der Waals surface area (Å²) in [5.74, 6) is -1.43. The van der Waals surface area contributed by atoms with Crippen molar-refractivity contribution in [3.8, 4) is 0 Å². The molecule has 0 aromatic heterocycles. The fourth-order valence-corrected chi connectivity index (χ4v) is 1.78. The van der Waals surface area contributed by atoms with Gasteiger partial charge in [-0.1, -0.05) is 13.8 Å². The van der Waals surface area contributed by atoms with Gasteiger partial charge in [-0.15, -0.1) is 0 Å². The van der Waals surface area contributed by atoms with Crippen LogP contribution in [0.1, 0.15) is 33.1 Å². The SMILES string of the molecule is CCC(CC)N(C)C(CC(=O)O)C(F)(F)F. The number of hydrogen-bond donors (Lipinski definition) is 1. The van der Waals surface area contributed by atoms with Gasteiger partial charge in [0.05, 0.1) is 6.42 Å². The molecule has 0 saturated carbocycles. The van der Waals surface area contributed by atoms with Crippen molar-refractivity contribution in [1.82, 2.24) is 4.90 Å². The lowest BCUT2D eigenvalue weighted by molar-refractivity contribution is -0.192. The second kappa shape index (κ2) is 6.08. The largest absolute Gasteiger partial charge is 0.481 e. The summed E-state index contributed by atoms with van der Waals surface area (Å²) in [5.41, 5.74) is 0. The van der Waals surface area contributed by atoms with Crippen molar-refractivity contribution in [2.24, 2.45) is 0 Å². The van der Waals surface area contributed by atoms with Crippen LogP contribution in [-0.4, -0.2) is 41.3 Å². The van der Waals surface area contributed by atoms with E-state index >= 15 is 0 Å². The van der Waals surface area contributed by atoms with E-state index in [1.807, 2.05) is 0 Å². The average molecular weight is 241 g/mol. The molecule has 16 heavy (non-hydrogen) atoms. The van der Waals surface area contributed by atoms with E-state index in [9.17, 15) is 18.0 Å². The molecule has 0 saturated heterocycles. The minimum atomic E-state index is -4.50. The molecule has 0 rings (SSSR count). The van der Waals surface area contributed by atoms with Gasteiger partial charge in [-0.2, -0.15) is 13.2 Å². The Morgan fingerprint density at radius 1 is 1.31 bits per heavy atom. The Bertz CT molecular complexity index is 227. The standard InChI is InChI=1S/C10H18F3NO2/c1-4-7(5-2)14(3)8(6-9(15)16)10(11,12)13/h7-8H,4-6H2,1-3H3,(H,15,16). The molecule has 0 aliphatic rings. The topological polar surface area (TPSA) is 40.5 Å². The lowest BCUT2D eigenvalue weighted by atomic mass is 10.1. The van der Waals surface area contributed by atoms with Crippen molar-refractivity contribution in [1.29, 1.82) is 0 Å². The minimum Gasteiger partial charge on any atom is -0.481 e. The number of rotatable bonds is 6. The van der Waals surface area contributed by atoms with E-state index in [-0.39, 0.29) is 6.04 Å². The van der Waals surface area contributed by atoms with Crippen LogP contribution < -0.4 is 0 Å². The molecule has 0 heterocycles. The van der Waals surface area contributed by atoms with Crippen LogP contribution in [0.2, 0.25) is 0 Å². The zero-order valence-corrected chi connectivity index (χ0v) is 9.71. The van der Waals surface area contributed by atoms with Crippen LogP contribution in [0.3, 0.4) is 0 Å².